The number of benzene rings is 18. The number of para-hydroxylation sites is 6. The zero-order chi connectivity index (χ0) is 87.0. The Kier molecular flexibility index (Phi) is 17.9. The van der Waals surface area contributed by atoms with Gasteiger partial charge in [0.05, 0.1) is 44.1 Å². The molecule has 0 radical (unpaired) electrons. The van der Waals surface area contributed by atoms with E-state index < -0.39 is 0 Å². The summed E-state index contributed by atoms with van der Waals surface area (Å²) in [5.41, 5.74) is 48.2. The van der Waals surface area contributed by atoms with Gasteiger partial charge in [-0.2, -0.15) is 0 Å². The van der Waals surface area contributed by atoms with Gasteiger partial charge in [0.1, 0.15) is 0 Å². The van der Waals surface area contributed by atoms with Crippen molar-refractivity contribution in [2.24, 2.45) is 0 Å². The van der Waals surface area contributed by atoms with Crippen molar-refractivity contribution in [3.8, 4) is 89.5 Å². The molecule has 22 aromatic rings. The van der Waals surface area contributed by atoms with Crippen LogP contribution in [-0.4, -0.2) is 18.3 Å². The van der Waals surface area contributed by atoms with Crippen LogP contribution in [-0.2, 0) is 21.7 Å². The Labute approximate surface area is 749 Å². The monoisotopic (exact) mass is 1640 g/mol. The lowest BCUT2D eigenvalue weighted by Crippen LogP contribution is -2.17. The van der Waals surface area contributed by atoms with Gasteiger partial charge in [-0.15, -0.1) is 0 Å². The van der Waals surface area contributed by atoms with Crippen molar-refractivity contribution in [2.45, 2.75) is 105 Å². The standard InChI is InChI=1S/2C37H26N2.2C25H24/c1-25-11-10-18-36-37(25)32-24-27(20-22-35(32)39(36)29-14-6-3-7-15-29)26-19-21-34-31(23-26)30-16-8-9-17-33(30)38(34)28-12-4-2-5-13-28;1-25-16-19-35-31(22-25)33-24-27(18-21-37(33)39(35)29-12-6-3-7-13-29)26-17-20-36-32(23-26)30-14-8-9-15-34(30)38(36)28-10-4-2-5-11-28;1-15-9-8-12-20-23(15)18-14-21-17(13-22(18)25(20,4)5)16-10-6-7-11-19(16)24(21,2)3;1-15-10-11-17-19-14-22-18(13-23(19)25(4,5)21(17)12-15)16-8-6-7-9-20(16)24(22,2)3/h2*2-24H,1H3;2*6-14H,1-5H3. The fourth-order valence-electron chi connectivity index (χ4n) is 22.7. The first-order valence-electron chi connectivity index (χ1n) is 45.4. The van der Waals surface area contributed by atoms with Crippen LogP contribution in [0.5, 0.6) is 0 Å². The quantitative estimate of drug-likeness (QED) is 0.158. The summed E-state index contributed by atoms with van der Waals surface area (Å²) in [4.78, 5) is 0. The molecule has 4 aliphatic rings. The Hall–Kier alpha value is -14.8. The van der Waals surface area contributed by atoms with Crippen molar-refractivity contribution < 1.29 is 0 Å². The average molecular weight is 1650 g/mol. The van der Waals surface area contributed by atoms with E-state index in [1.54, 1.807) is 0 Å². The molecule has 4 heteroatoms. The summed E-state index contributed by atoms with van der Waals surface area (Å²) in [6, 6.07) is 143. The van der Waals surface area contributed by atoms with E-state index in [0.29, 0.717) is 0 Å². The maximum absolute atomic E-state index is 2.49. The highest BCUT2D eigenvalue weighted by Gasteiger charge is 2.44. The van der Waals surface area contributed by atoms with Gasteiger partial charge in [0, 0.05) is 87.5 Å². The molecule has 0 saturated heterocycles. The van der Waals surface area contributed by atoms with Crippen LogP contribution in [0.25, 0.3) is 177 Å². The number of hydrogen-bond donors (Lipinski definition) is 0. The van der Waals surface area contributed by atoms with E-state index in [9.17, 15) is 0 Å². The fourth-order valence-corrected chi connectivity index (χ4v) is 22.7. The van der Waals surface area contributed by atoms with E-state index in [4.69, 9.17) is 0 Å². The van der Waals surface area contributed by atoms with Gasteiger partial charge in [0.2, 0.25) is 0 Å². The van der Waals surface area contributed by atoms with Crippen molar-refractivity contribution in [1.82, 2.24) is 18.3 Å². The summed E-state index contributed by atoms with van der Waals surface area (Å²) in [6.07, 6.45) is 0. The summed E-state index contributed by atoms with van der Waals surface area (Å²) in [5, 5.41) is 10.3. The Balaban J connectivity index is 0.0000000998. The van der Waals surface area contributed by atoms with Crippen LogP contribution in [0.4, 0.5) is 0 Å². The zero-order valence-electron chi connectivity index (χ0n) is 74.7. The molecule has 26 rings (SSSR count). The average Bonchev–Trinajstić information content (AvgIpc) is 1.77. The SMILES string of the molecule is Cc1ccc2c(c1)C(C)(C)c1cc3c(cc1-2)C(C)(C)c1ccccc1-3.Cc1ccc2c(c1)c1cc(-c3ccc4c(c3)c3ccccc3n4-c3ccccc3)ccc1n2-c1ccccc1.Cc1cccc2c1-c1cc3c(cc1C2(C)C)-c1ccccc1C3(C)C.Cc1cccc2c1c1cc(-c3ccc4c(c3)c3ccccc3n4-c3ccccc3)ccc1n2-c1ccccc1. The van der Waals surface area contributed by atoms with Crippen LogP contribution in [0.2, 0.25) is 0 Å². The minimum atomic E-state index is 0.0629. The number of aryl methyl sites for hydroxylation is 4. The van der Waals surface area contributed by atoms with E-state index in [-0.39, 0.29) is 21.7 Å². The predicted molar refractivity (Wildman–Crippen MR) is 543 cm³/mol. The molecule has 4 nitrogen and oxygen atoms in total. The second kappa shape index (κ2) is 29.4. The van der Waals surface area contributed by atoms with Crippen LogP contribution < -0.4 is 0 Å². The normalized spacial score (nSPS) is 14.0. The van der Waals surface area contributed by atoms with E-state index in [2.05, 4.69) is 490 Å². The summed E-state index contributed by atoms with van der Waals surface area (Å²) >= 11 is 0. The van der Waals surface area contributed by atoms with Crippen molar-refractivity contribution >= 4 is 87.2 Å². The Morgan fingerprint density at radius 3 is 0.930 bits per heavy atom. The molecule has 0 aliphatic heterocycles. The topological polar surface area (TPSA) is 19.7 Å². The fraction of sp³-hybridized carbons (Fsp3) is 0.129. The van der Waals surface area contributed by atoms with Gasteiger partial charge < -0.3 is 18.3 Å². The molecule has 0 atom stereocenters. The van der Waals surface area contributed by atoms with Crippen LogP contribution in [0.3, 0.4) is 0 Å². The molecule has 0 amide bonds. The summed E-state index contributed by atoms with van der Waals surface area (Å²) in [5.74, 6) is 0. The highest BCUT2D eigenvalue weighted by atomic mass is 15.0. The summed E-state index contributed by atoms with van der Waals surface area (Å²) < 4.78 is 9.51. The number of aromatic nitrogens is 4. The molecule has 0 fully saturated rings. The minimum Gasteiger partial charge on any atom is -0.309 e. The van der Waals surface area contributed by atoms with E-state index in [0.717, 1.165) is 0 Å². The molecule has 18 aromatic carbocycles. The Morgan fingerprint density at radius 1 is 0.172 bits per heavy atom. The van der Waals surface area contributed by atoms with Gasteiger partial charge in [-0.05, 0) is 302 Å². The number of hydrogen-bond acceptors (Lipinski definition) is 0. The summed E-state index contributed by atoms with van der Waals surface area (Å²) in [6.45, 7) is 27.8. The third-order valence-electron chi connectivity index (χ3n) is 29.1. The van der Waals surface area contributed by atoms with E-state index in [1.807, 2.05) is 0 Å². The molecule has 4 heterocycles. The predicted octanol–water partition coefficient (Wildman–Crippen LogP) is 32.9. The first-order valence-corrected chi connectivity index (χ1v) is 45.4. The third-order valence-corrected chi connectivity index (χ3v) is 29.1. The first kappa shape index (κ1) is 77.9. The Bertz CT molecular complexity index is 8310. The molecule has 4 aromatic heterocycles. The number of fused-ring (bicyclic) bond motifs is 24. The van der Waals surface area contributed by atoms with Gasteiger partial charge in [0.25, 0.3) is 0 Å². The minimum absolute atomic E-state index is 0.0629. The van der Waals surface area contributed by atoms with Crippen molar-refractivity contribution in [3.63, 3.8) is 0 Å². The molecular formula is C124H100N4. The lowest BCUT2D eigenvalue weighted by Gasteiger charge is -2.24. The Morgan fingerprint density at radius 2 is 0.461 bits per heavy atom. The molecule has 616 valence electrons. The lowest BCUT2D eigenvalue weighted by atomic mass is 9.79. The first-order chi connectivity index (χ1) is 62.2. The van der Waals surface area contributed by atoms with Crippen molar-refractivity contribution in [1.29, 1.82) is 0 Å². The number of nitrogens with zero attached hydrogens (tertiary/aromatic N) is 4. The maximum Gasteiger partial charge on any atom is 0.0543 e. The molecule has 4 aliphatic carbocycles. The van der Waals surface area contributed by atoms with Gasteiger partial charge >= 0.3 is 0 Å². The van der Waals surface area contributed by atoms with Crippen LogP contribution in [0, 0.1) is 27.7 Å². The molecular weight excluding hydrogens is 1550 g/mol. The summed E-state index contributed by atoms with van der Waals surface area (Å²) in [7, 11) is 0. The van der Waals surface area contributed by atoms with Gasteiger partial charge in [-0.25, -0.2) is 0 Å². The maximum atomic E-state index is 2.49. The van der Waals surface area contributed by atoms with E-state index >= 15 is 0 Å². The molecule has 0 N–H and O–H groups in total. The van der Waals surface area contributed by atoms with Crippen molar-refractivity contribution in [3.05, 3.63) is 455 Å². The second-order valence-corrected chi connectivity index (χ2v) is 38.2. The van der Waals surface area contributed by atoms with Crippen LogP contribution in [0.15, 0.2) is 388 Å². The third kappa shape index (κ3) is 12.0. The molecule has 0 saturated carbocycles. The highest BCUT2D eigenvalue weighted by molar-refractivity contribution is 6.16. The molecule has 0 bridgehead atoms. The van der Waals surface area contributed by atoms with Gasteiger partial charge in [-0.1, -0.05) is 303 Å². The molecule has 0 unspecified atom stereocenters. The van der Waals surface area contributed by atoms with E-state index in [1.165, 1.54) is 243 Å². The van der Waals surface area contributed by atoms with Crippen LogP contribution >= 0.6 is 0 Å². The highest BCUT2D eigenvalue weighted by Crippen LogP contribution is 2.59. The zero-order valence-corrected chi connectivity index (χ0v) is 74.7. The van der Waals surface area contributed by atoms with Gasteiger partial charge in [0.15, 0.2) is 0 Å². The molecule has 0 spiro atoms. The molecule has 128 heavy (non-hydrogen) atoms. The smallest absolute Gasteiger partial charge is 0.0543 e. The lowest BCUT2D eigenvalue weighted by molar-refractivity contribution is 0.651. The second-order valence-electron chi connectivity index (χ2n) is 38.2. The number of rotatable bonds is 6. The van der Waals surface area contributed by atoms with Gasteiger partial charge in [-0.3, -0.25) is 0 Å². The largest absolute Gasteiger partial charge is 0.309 e. The van der Waals surface area contributed by atoms with Crippen molar-refractivity contribution in [2.75, 3.05) is 0 Å². The van der Waals surface area contributed by atoms with Crippen LogP contribution in [0.1, 0.15) is 122 Å².